The van der Waals surface area contributed by atoms with E-state index in [0.717, 1.165) is 27.8 Å². The molecule has 0 spiro atoms. The molecule has 29 heavy (non-hydrogen) atoms. The molecule has 0 aliphatic rings. The largest absolute Gasteiger partial charge is 0.350 e. The van der Waals surface area contributed by atoms with Crippen LogP contribution in [0.3, 0.4) is 0 Å². The summed E-state index contributed by atoms with van der Waals surface area (Å²) in [7, 11) is 1.95. The fraction of sp³-hybridized carbons (Fsp3) is 0.286. The van der Waals surface area contributed by atoms with Gasteiger partial charge in [0, 0.05) is 12.1 Å². The van der Waals surface area contributed by atoms with Crippen LogP contribution in [0.1, 0.15) is 35.7 Å². The highest BCUT2D eigenvalue weighted by molar-refractivity contribution is 14.0. The van der Waals surface area contributed by atoms with Crippen LogP contribution in [0.4, 0.5) is 0 Å². The number of nitrogens with one attached hydrogen (secondary N) is 2. The first-order valence-electron chi connectivity index (χ1n) is 9.22. The second-order valence-electron chi connectivity index (χ2n) is 6.61. The number of aromatic nitrogens is 3. The second kappa shape index (κ2) is 11.2. The van der Waals surface area contributed by atoms with Gasteiger partial charge in [-0.2, -0.15) is 0 Å². The molecule has 8 heteroatoms. The van der Waals surface area contributed by atoms with Crippen LogP contribution in [0.25, 0.3) is 0 Å². The van der Waals surface area contributed by atoms with Crippen molar-refractivity contribution in [3.63, 3.8) is 0 Å². The zero-order chi connectivity index (χ0) is 19.9. The molecule has 0 saturated heterocycles. The number of guanidine groups is 1. The topological polar surface area (TPSA) is 67.1 Å². The quantitative estimate of drug-likeness (QED) is 0.285. The van der Waals surface area contributed by atoms with Gasteiger partial charge in [-0.25, -0.2) is 4.99 Å². The minimum Gasteiger partial charge on any atom is -0.350 e. The summed E-state index contributed by atoms with van der Waals surface area (Å²) in [6.45, 7) is 5.09. The molecule has 0 aliphatic carbocycles. The Morgan fingerprint density at radius 2 is 1.79 bits per heavy atom. The molecule has 2 aromatic carbocycles. The summed E-state index contributed by atoms with van der Waals surface area (Å²) in [5.74, 6) is 2.41. The third-order valence-electron chi connectivity index (χ3n) is 4.58. The monoisotopic (exact) mass is 524 g/mol. The van der Waals surface area contributed by atoms with Crippen LogP contribution in [0.5, 0.6) is 0 Å². The number of nitrogens with zero attached hydrogens (tertiary/aromatic N) is 4. The third-order valence-corrected chi connectivity index (χ3v) is 4.93. The molecule has 2 N–H and O–H groups in total. The molecule has 154 valence electrons. The van der Waals surface area contributed by atoms with Crippen LogP contribution in [0.2, 0.25) is 5.02 Å². The number of hydrogen-bond donors (Lipinski definition) is 2. The van der Waals surface area contributed by atoms with E-state index in [-0.39, 0.29) is 30.0 Å². The number of benzene rings is 2. The van der Waals surface area contributed by atoms with E-state index in [4.69, 9.17) is 16.6 Å². The molecule has 0 amide bonds. The van der Waals surface area contributed by atoms with Gasteiger partial charge in [-0.15, -0.1) is 34.2 Å². The number of halogens is 2. The van der Waals surface area contributed by atoms with Gasteiger partial charge in [0.1, 0.15) is 5.82 Å². The number of aryl methyl sites for hydroxylation is 1. The summed E-state index contributed by atoms with van der Waals surface area (Å²) in [4.78, 5) is 4.73. The van der Waals surface area contributed by atoms with Gasteiger partial charge in [0.25, 0.3) is 0 Å². The van der Waals surface area contributed by atoms with E-state index in [9.17, 15) is 0 Å². The van der Waals surface area contributed by atoms with Crippen LogP contribution >= 0.6 is 35.6 Å². The lowest BCUT2D eigenvalue weighted by atomic mass is 10.1. The minimum atomic E-state index is -0.00282. The van der Waals surface area contributed by atoms with Crippen LogP contribution in [0.15, 0.2) is 59.6 Å². The van der Waals surface area contributed by atoms with Crippen LogP contribution < -0.4 is 10.6 Å². The molecule has 3 aromatic rings. The highest BCUT2D eigenvalue weighted by Gasteiger charge is 2.12. The summed E-state index contributed by atoms with van der Waals surface area (Å²) < 4.78 is 1.96. The summed E-state index contributed by atoms with van der Waals surface area (Å²) in [5.41, 5.74) is 2.16. The molecule has 0 saturated carbocycles. The lowest BCUT2D eigenvalue weighted by Crippen LogP contribution is -2.39. The lowest BCUT2D eigenvalue weighted by molar-refractivity contribution is 0.664. The second-order valence-corrected chi connectivity index (χ2v) is 7.02. The van der Waals surface area contributed by atoms with E-state index in [1.807, 2.05) is 61.0 Å². The van der Waals surface area contributed by atoms with Gasteiger partial charge >= 0.3 is 0 Å². The highest BCUT2D eigenvalue weighted by atomic mass is 127. The fourth-order valence-electron chi connectivity index (χ4n) is 2.78. The highest BCUT2D eigenvalue weighted by Crippen LogP contribution is 2.22. The zero-order valence-corrected chi connectivity index (χ0v) is 19.8. The minimum absolute atomic E-state index is 0. The Morgan fingerprint density at radius 1 is 1.10 bits per heavy atom. The molecule has 6 nitrogen and oxygen atoms in total. The van der Waals surface area contributed by atoms with Crippen molar-refractivity contribution in [1.29, 1.82) is 0 Å². The van der Waals surface area contributed by atoms with Crippen molar-refractivity contribution in [2.75, 3.05) is 0 Å². The van der Waals surface area contributed by atoms with Crippen LogP contribution in [-0.4, -0.2) is 20.7 Å². The van der Waals surface area contributed by atoms with Gasteiger partial charge < -0.3 is 15.2 Å². The van der Waals surface area contributed by atoms with Crippen LogP contribution in [-0.2, 0) is 20.1 Å². The van der Waals surface area contributed by atoms with E-state index in [1.165, 1.54) is 0 Å². The Labute approximate surface area is 193 Å². The first-order valence-corrected chi connectivity index (χ1v) is 9.60. The fourth-order valence-corrected chi connectivity index (χ4v) is 3.08. The Kier molecular flexibility index (Phi) is 8.91. The normalized spacial score (nSPS) is 12.2. The Balaban J connectivity index is 0.00000300. The van der Waals surface area contributed by atoms with Crippen molar-refractivity contribution in [2.45, 2.75) is 33.0 Å². The van der Waals surface area contributed by atoms with Gasteiger partial charge in [0.2, 0.25) is 0 Å². The first kappa shape index (κ1) is 23.2. The van der Waals surface area contributed by atoms with E-state index in [2.05, 4.69) is 39.9 Å². The van der Waals surface area contributed by atoms with Crippen molar-refractivity contribution in [2.24, 2.45) is 12.0 Å². The Hall–Kier alpha value is -2.13. The first-order chi connectivity index (χ1) is 13.5. The van der Waals surface area contributed by atoms with E-state index in [1.54, 1.807) is 0 Å². The molecule has 0 bridgehead atoms. The Bertz CT molecular complexity index is 941. The molecular formula is C21H26ClIN6. The maximum Gasteiger partial charge on any atom is 0.192 e. The molecule has 0 radical (unpaired) electrons. The van der Waals surface area contributed by atoms with Gasteiger partial charge in [0.15, 0.2) is 11.8 Å². The molecule has 1 aromatic heterocycles. The molecule has 1 atom stereocenters. The van der Waals surface area contributed by atoms with E-state index < -0.39 is 0 Å². The van der Waals surface area contributed by atoms with Gasteiger partial charge in [-0.1, -0.05) is 60.1 Å². The summed E-state index contributed by atoms with van der Waals surface area (Å²) in [6, 6.07) is 18.0. The summed E-state index contributed by atoms with van der Waals surface area (Å²) >= 11 is 6.35. The molecule has 1 heterocycles. The average Bonchev–Trinajstić information content (AvgIpc) is 3.03. The average molecular weight is 525 g/mol. The molecule has 0 fully saturated rings. The van der Waals surface area contributed by atoms with E-state index in [0.29, 0.717) is 19.0 Å². The summed E-state index contributed by atoms with van der Waals surface area (Å²) in [5, 5.41) is 15.8. The van der Waals surface area contributed by atoms with Crippen LogP contribution in [0, 0.1) is 6.92 Å². The number of hydrogen-bond acceptors (Lipinski definition) is 3. The van der Waals surface area contributed by atoms with Gasteiger partial charge in [-0.3, -0.25) is 0 Å². The van der Waals surface area contributed by atoms with Gasteiger partial charge in [-0.05, 0) is 31.0 Å². The molecule has 3 rings (SSSR count). The van der Waals surface area contributed by atoms with Gasteiger partial charge in [0.05, 0.1) is 19.1 Å². The maximum atomic E-state index is 6.35. The third kappa shape index (κ3) is 6.43. The van der Waals surface area contributed by atoms with Crippen molar-refractivity contribution in [1.82, 2.24) is 25.4 Å². The number of rotatable bonds is 6. The Morgan fingerprint density at radius 3 is 2.45 bits per heavy atom. The smallest absolute Gasteiger partial charge is 0.192 e. The molecule has 0 aliphatic heterocycles. The summed E-state index contributed by atoms with van der Waals surface area (Å²) in [6.07, 6.45) is 0. The standard InChI is InChI=1S/C21H25ClN6.HI/c1-15(18-11-7-8-12-19(18)22)25-21(23-13-17-9-5-4-6-10-17)24-14-20-27-26-16(2)28(20)3;/h4-12,15H,13-14H2,1-3H3,(H2,23,24,25);1H. The lowest BCUT2D eigenvalue weighted by Gasteiger charge is -2.19. The predicted octanol–water partition coefficient (Wildman–Crippen LogP) is 4.39. The zero-order valence-electron chi connectivity index (χ0n) is 16.8. The SMILES string of the molecule is Cc1nnc(CNC(=NCc2ccccc2)NC(C)c2ccccc2Cl)n1C.I. The molecule has 1 unspecified atom stereocenters. The van der Waals surface area contributed by atoms with Crippen molar-refractivity contribution >= 4 is 41.5 Å². The van der Waals surface area contributed by atoms with E-state index >= 15 is 0 Å². The maximum absolute atomic E-state index is 6.35. The van der Waals surface area contributed by atoms with Crippen molar-refractivity contribution in [3.05, 3.63) is 82.4 Å². The molecular weight excluding hydrogens is 499 g/mol. The number of aliphatic imine (C=N–C) groups is 1. The van der Waals surface area contributed by atoms with Crippen molar-refractivity contribution in [3.8, 4) is 0 Å². The van der Waals surface area contributed by atoms with Crippen molar-refractivity contribution < 1.29 is 0 Å². The predicted molar refractivity (Wildman–Crippen MR) is 129 cm³/mol.